The Hall–Kier alpha value is -0.320. The fraction of sp³-hybridized carbons (Fsp3) is 0.900. The van der Waals surface area contributed by atoms with Crippen molar-refractivity contribution in [1.29, 1.82) is 0 Å². The predicted octanol–water partition coefficient (Wildman–Crippen LogP) is 12.8. The number of ether oxygens (including phenoxy) is 2. The molecule has 0 N–H and O–H groups in total. The topological polar surface area (TPSA) is 52.6 Å². The van der Waals surface area contributed by atoms with Gasteiger partial charge in [0.05, 0.1) is 13.2 Å². The van der Waals surface area contributed by atoms with Crippen LogP contribution in [0.15, 0.2) is 12.2 Å². The molecule has 0 unspecified atom stereocenters. The minimum atomic E-state index is -0.453. The van der Waals surface area contributed by atoms with Gasteiger partial charge in [-0.15, -0.1) is 0 Å². The van der Waals surface area contributed by atoms with Gasteiger partial charge in [0, 0.05) is 41.7 Å². The van der Waals surface area contributed by atoms with E-state index in [0.29, 0.717) is 13.2 Å². The molecule has 0 aromatic carbocycles. The number of carbonyl (C=O) groups is 2. The predicted molar refractivity (Wildman–Crippen MR) is 196 cm³/mol. The molecule has 5 heteroatoms. The monoisotopic (exact) mass is 644 g/mol. The van der Waals surface area contributed by atoms with Crippen molar-refractivity contribution in [2.75, 3.05) is 13.2 Å². The average molecular weight is 644 g/mol. The van der Waals surface area contributed by atoms with Crippen molar-refractivity contribution in [1.82, 2.24) is 0 Å². The molecule has 0 saturated carbocycles. The van der Waals surface area contributed by atoms with Gasteiger partial charge in [0.15, 0.2) is 0 Å². The summed E-state index contributed by atoms with van der Waals surface area (Å²) in [5.74, 6) is -0.907. The molecule has 0 atom stereocenters. The summed E-state index contributed by atoms with van der Waals surface area (Å²) >= 11 is 0. The Kier molecular flexibility index (Phi) is 43.4. The van der Waals surface area contributed by atoms with Gasteiger partial charge in [-0.3, -0.25) is 0 Å². The number of hydrogen-bond acceptors (Lipinski definition) is 4. The van der Waals surface area contributed by atoms with E-state index in [0.717, 1.165) is 25.7 Å². The van der Waals surface area contributed by atoms with Crippen LogP contribution in [0.2, 0.25) is 0 Å². The maximum absolute atomic E-state index is 11.8. The van der Waals surface area contributed by atoms with E-state index in [1.807, 2.05) is 0 Å². The van der Waals surface area contributed by atoms with Crippen LogP contribution < -0.4 is 0 Å². The summed E-state index contributed by atoms with van der Waals surface area (Å²) in [5, 5.41) is 0. The van der Waals surface area contributed by atoms with Gasteiger partial charge in [-0.1, -0.05) is 206 Å². The van der Waals surface area contributed by atoms with E-state index in [-0.39, 0.29) is 29.6 Å². The Morgan fingerprint density at radius 3 is 0.711 bits per heavy atom. The Morgan fingerprint density at radius 2 is 0.511 bits per heavy atom. The molecule has 0 rings (SSSR count). The first kappa shape index (κ1) is 46.8. The third kappa shape index (κ3) is 41.7. The molecule has 0 spiro atoms. The van der Waals surface area contributed by atoms with Crippen molar-refractivity contribution in [2.45, 2.75) is 219 Å². The van der Waals surface area contributed by atoms with E-state index >= 15 is 0 Å². The smallest absolute Gasteiger partial charge is 0.331 e. The van der Waals surface area contributed by atoms with Gasteiger partial charge in [0.25, 0.3) is 0 Å². The maximum atomic E-state index is 11.8. The fourth-order valence-corrected chi connectivity index (χ4v) is 5.88. The van der Waals surface area contributed by atoms with E-state index in [9.17, 15) is 9.59 Å². The number of hydrogen-bond donors (Lipinski definition) is 0. The van der Waals surface area contributed by atoms with E-state index < -0.39 is 11.9 Å². The van der Waals surface area contributed by atoms with Crippen LogP contribution in [0.4, 0.5) is 0 Å². The average Bonchev–Trinajstić information content (AvgIpc) is 3.03. The van der Waals surface area contributed by atoms with E-state index in [4.69, 9.17) is 9.47 Å². The summed E-state index contributed by atoms with van der Waals surface area (Å²) in [7, 11) is 0. The number of unbranched alkanes of at least 4 members (excludes halogenated alkanes) is 30. The molecule has 0 heterocycles. The normalized spacial score (nSPS) is 11.2. The molecule has 0 aliphatic heterocycles. The van der Waals surface area contributed by atoms with Crippen LogP contribution in [0.25, 0.3) is 0 Å². The summed E-state index contributed by atoms with van der Waals surface area (Å²) in [6.07, 6.45) is 44.7. The molecule has 0 aliphatic rings. The number of rotatable bonds is 36. The summed E-state index contributed by atoms with van der Waals surface area (Å²) in [6.45, 7) is 5.41. The van der Waals surface area contributed by atoms with Crippen molar-refractivity contribution >= 4 is 41.5 Å². The molecule has 0 bridgehead atoms. The van der Waals surface area contributed by atoms with Gasteiger partial charge in [-0.05, 0) is 12.8 Å². The molecule has 0 aromatic heterocycles. The maximum Gasteiger partial charge on any atom is 0.331 e. The van der Waals surface area contributed by atoms with Crippen LogP contribution in [0, 0.1) is 0 Å². The minimum absolute atomic E-state index is 0. The first-order valence-corrected chi connectivity index (χ1v) is 19.7. The Labute approximate surface area is 303 Å². The van der Waals surface area contributed by atoms with Crippen LogP contribution in [0.3, 0.4) is 0 Å². The quantitative estimate of drug-likeness (QED) is 0.0295. The first-order valence-electron chi connectivity index (χ1n) is 19.7. The minimum Gasteiger partial charge on any atom is -0.463 e. The van der Waals surface area contributed by atoms with Gasteiger partial charge in [0.1, 0.15) is 0 Å². The molecular formula is C40H76NaO4. The largest absolute Gasteiger partial charge is 0.463 e. The van der Waals surface area contributed by atoms with Crippen LogP contribution >= 0.6 is 0 Å². The zero-order chi connectivity index (χ0) is 32.0. The van der Waals surface area contributed by atoms with Crippen molar-refractivity contribution in [3.63, 3.8) is 0 Å². The number of esters is 2. The Morgan fingerprint density at radius 1 is 0.333 bits per heavy atom. The second kappa shape index (κ2) is 41.7. The van der Waals surface area contributed by atoms with Crippen molar-refractivity contribution < 1.29 is 19.1 Å². The second-order valence-electron chi connectivity index (χ2n) is 13.3. The van der Waals surface area contributed by atoms with Crippen molar-refractivity contribution in [3.05, 3.63) is 12.2 Å². The molecule has 261 valence electrons. The molecule has 0 saturated heterocycles. The Bertz CT molecular complexity index is 569. The van der Waals surface area contributed by atoms with Crippen molar-refractivity contribution in [3.8, 4) is 0 Å². The molecule has 0 amide bonds. The second-order valence-corrected chi connectivity index (χ2v) is 13.3. The molecule has 4 nitrogen and oxygen atoms in total. The van der Waals surface area contributed by atoms with Crippen LogP contribution in [-0.2, 0) is 19.1 Å². The summed E-state index contributed by atoms with van der Waals surface area (Å²) in [6, 6.07) is 0. The molecular weight excluding hydrogens is 567 g/mol. The summed E-state index contributed by atoms with van der Waals surface area (Å²) in [5.41, 5.74) is 0. The molecule has 0 aliphatic carbocycles. The first-order chi connectivity index (χ1) is 21.7. The van der Waals surface area contributed by atoms with Crippen LogP contribution in [0.5, 0.6) is 0 Å². The molecule has 0 fully saturated rings. The van der Waals surface area contributed by atoms with Gasteiger partial charge in [-0.2, -0.15) is 0 Å². The van der Waals surface area contributed by atoms with Crippen LogP contribution in [0.1, 0.15) is 219 Å². The third-order valence-corrected chi connectivity index (χ3v) is 8.84. The zero-order valence-electron chi connectivity index (χ0n) is 30.8. The van der Waals surface area contributed by atoms with Gasteiger partial charge >= 0.3 is 11.9 Å². The van der Waals surface area contributed by atoms with Crippen LogP contribution in [-0.4, -0.2) is 54.7 Å². The van der Waals surface area contributed by atoms with E-state index in [2.05, 4.69) is 13.8 Å². The summed E-state index contributed by atoms with van der Waals surface area (Å²) in [4.78, 5) is 23.6. The summed E-state index contributed by atoms with van der Waals surface area (Å²) < 4.78 is 10.4. The standard InChI is InChI=1S/C40H76O4.Na/c1-3-5-7-9-11-13-15-17-19-21-23-25-27-29-31-33-37-43-39(41)35-36-40(42)44-38-34-32-30-28-26-24-22-20-18-16-14-12-10-8-6-4-2;/h35-36H,3-34,37-38H2,1-2H3;/b36-35+;. The van der Waals surface area contributed by atoms with E-state index in [1.165, 1.54) is 192 Å². The van der Waals surface area contributed by atoms with E-state index in [1.54, 1.807) is 0 Å². The number of carbonyl (C=O) groups excluding carboxylic acids is 2. The van der Waals surface area contributed by atoms with Crippen molar-refractivity contribution in [2.24, 2.45) is 0 Å². The fourth-order valence-electron chi connectivity index (χ4n) is 5.88. The van der Waals surface area contributed by atoms with Gasteiger partial charge in [0.2, 0.25) is 0 Å². The van der Waals surface area contributed by atoms with Gasteiger partial charge in [-0.25, -0.2) is 9.59 Å². The molecule has 1 radical (unpaired) electrons. The SMILES string of the molecule is CCCCCCCCCCCCCCCCCCOC(=O)/C=C/C(=O)OCCCCCCCCCCCCCCCCCC.[Na]. The molecule has 45 heavy (non-hydrogen) atoms. The molecule has 0 aromatic rings. The Balaban J connectivity index is 0. The zero-order valence-corrected chi connectivity index (χ0v) is 32.8. The third-order valence-electron chi connectivity index (χ3n) is 8.84. The van der Waals surface area contributed by atoms with Gasteiger partial charge < -0.3 is 9.47 Å².